The van der Waals surface area contributed by atoms with Crippen molar-refractivity contribution in [2.75, 3.05) is 7.11 Å². The molecule has 0 unspecified atom stereocenters. The van der Waals surface area contributed by atoms with Crippen LogP contribution in [0, 0.1) is 6.92 Å². The van der Waals surface area contributed by atoms with Crippen LogP contribution in [0.15, 0.2) is 18.2 Å². The Hall–Kier alpha value is -1.64. The molecular formula is C15H18O3. The normalized spacial score (nSPS) is 16.7. The van der Waals surface area contributed by atoms with Crippen LogP contribution in [0.2, 0.25) is 0 Å². The molecule has 1 aromatic rings. The van der Waals surface area contributed by atoms with E-state index in [0.29, 0.717) is 30.1 Å². The van der Waals surface area contributed by atoms with Gasteiger partial charge in [0.2, 0.25) is 0 Å². The van der Waals surface area contributed by atoms with Crippen LogP contribution in [0.5, 0.6) is 0 Å². The van der Waals surface area contributed by atoms with Crippen molar-refractivity contribution in [2.45, 2.75) is 38.5 Å². The van der Waals surface area contributed by atoms with Crippen molar-refractivity contribution in [3.05, 3.63) is 34.9 Å². The highest BCUT2D eigenvalue weighted by Crippen LogP contribution is 2.32. The van der Waals surface area contributed by atoms with Gasteiger partial charge in [0.05, 0.1) is 12.7 Å². The fourth-order valence-electron chi connectivity index (χ4n) is 2.50. The van der Waals surface area contributed by atoms with Gasteiger partial charge in [-0.3, -0.25) is 4.79 Å². The van der Waals surface area contributed by atoms with Crippen LogP contribution < -0.4 is 0 Å². The molecule has 0 bridgehead atoms. The van der Waals surface area contributed by atoms with Crippen molar-refractivity contribution in [1.82, 2.24) is 0 Å². The highest BCUT2D eigenvalue weighted by Gasteiger charge is 2.21. The number of Topliss-reactive ketones (excluding diaryl/α,β-unsaturated/α-hetero) is 1. The van der Waals surface area contributed by atoms with Crippen LogP contribution in [0.4, 0.5) is 0 Å². The number of benzene rings is 1. The van der Waals surface area contributed by atoms with Crippen molar-refractivity contribution >= 4 is 11.8 Å². The lowest BCUT2D eigenvalue weighted by molar-refractivity contribution is -0.120. The molecule has 1 aliphatic rings. The maximum Gasteiger partial charge on any atom is 0.338 e. The molecule has 0 amide bonds. The Bertz CT molecular complexity index is 467. The molecule has 96 valence electrons. The molecule has 1 aliphatic carbocycles. The number of carbonyl (C=O) groups is 2. The van der Waals surface area contributed by atoms with Crippen LogP contribution in [-0.2, 0) is 9.53 Å². The van der Waals surface area contributed by atoms with Gasteiger partial charge in [-0.1, -0.05) is 12.1 Å². The summed E-state index contributed by atoms with van der Waals surface area (Å²) in [4.78, 5) is 22.9. The number of carbonyl (C=O) groups excluding carboxylic acids is 2. The number of methoxy groups -OCH3 is 1. The van der Waals surface area contributed by atoms with Crippen molar-refractivity contribution < 1.29 is 14.3 Å². The molecule has 0 radical (unpaired) electrons. The molecule has 0 spiro atoms. The van der Waals surface area contributed by atoms with Gasteiger partial charge >= 0.3 is 5.97 Å². The molecule has 3 nitrogen and oxygen atoms in total. The Morgan fingerprint density at radius 2 is 1.94 bits per heavy atom. The molecule has 1 fully saturated rings. The van der Waals surface area contributed by atoms with E-state index in [1.165, 1.54) is 7.11 Å². The third-order valence-corrected chi connectivity index (χ3v) is 3.68. The van der Waals surface area contributed by atoms with E-state index in [1.54, 1.807) is 0 Å². The van der Waals surface area contributed by atoms with Crippen LogP contribution in [0.3, 0.4) is 0 Å². The maximum absolute atomic E-state index is 11.6. The highest BCUT2D eigenvalue weighted by molar-refractivity contribution is 5.91. The molecule has 3 heteroatoms. The molecule has 0 heterocycles. The summed E-state index contributed by atoms with van der Waals surface area (Å²) >= 11 is 0. The molecular weight excluding hydrogens is 228 g/mol. The van der Waals surface area contributed by atoms with Crippen LogP contribution in [0.25, 0.3) is 0 Å². The first-order valence-electron chi connectivity index (χ1n) is 6.32. The van der Waals surface area contributed by atoms with Crippen molar-refractivity contribution in [1.29, 1.82) is 0 Å². The monoisotopic (exact) mass is 246 g/mol. The molecule has 2 rings (SSSR count). The largest absolute Gasteiger partial charge is 0.465 e. The quantitative estimate of drug-likeness (QED) is 0.753. The van der Waals surface area contributed by atoms with Crippen molar-refractivity contribution in [3.63, 3.8) is 0 Å². The number of aryl methyl sites for hydroxylation is 1. The van der Waals surface area contributed by atoms with Gasteiger partial charge in [-0.25, -0.2) is 4.79 Å². The zero-order chi connectivity index (χ0) is 13.1. The lowest BCUT2D eigenvalue weighted by atomic mass is 9.82. The first kappa shape index (κ1) is 12.8. The molecule has 18 heavy (non-hydrogen) atoms. The zero-order valence-electron chi connectivity index (χ0n) is 10.9. The SMILES string of the molecule is COC(=O)c1cc(C2CCC(=O)CC2)ccc1C. The Morgan fingerprint density at radius 3 is 2.56 bits per heavy atom. The molecule has 0 aliphatic heterocycles. The van der Waals surface area contributed by atoms with Gasteiger partial charge < -0.3 is 4.74 Å². The number of ketones is 1. The van der Waals surface area contributed by atoms with E-state index in [9.17, 15) is 9.59 Å². The molecule has 1 saturated carbocycles. The third-order valence-electron chi connectivity index (χ3n) is 3.68. The Kier molecular flexibility index (Phi) is 3.80. The Labute approximate surface area is 107 Å². The number of rotatable bonds is 2. The Balaban J connectivity index is 2.24. The topological polar surface area (TPSA) is 43.4 Å². The second-order valence-electron chi connectivity index (χ2n) is 4.88. The second kappa shape index (κ2) is 5.34. The standard InChI is InChI=1S/C15H18O3/c1-10-3-4-12(9-14(10)15(17)18-2)11-5-7-13(16)8-6-11/h3-4,9,11H,5-8H2,1-2H3. The highest BCUT2D eigenvalue weighted by atomic mass is 16.5. The number of ether oxygens (including phenoxy) is 1. The van der Waals surface area contributed by atoms with E-state index >= 15 is 0 Å². The summed E-state index contributed by atoms with van der Waals surface area (Å²) in [6.07, 6.45) is 3.10. The minimum absolute atomic E-state index is 0.291. The van der Waals surface area contributed by atoms with E-state index in [0.717, 1.165) is 24.0 Å². The summed E-state index contributed by atoms with van der Waals surface area (Å²) in [6, 6.07) is 5.93. The smallest absolute Gasteiger partial charge is 0.338 e. The molecule has 0 saturated heterocycles. The summed E-state index contributed by atoms with van der Waals surface area (Å²) in [5.41, 5.74) is 2.71. The molecule has 0 aromatic heterocycles. The van der Waals surface area contributed by atoms with Gasteiger partial charge in [-0.2, -0.15) is 0 Å². The number of hydrogen-bond acceptors (Lipinski definition) is 3. The molecule has 1 aromatic carbocycles. The van der Waals surface area contributed by atoms with Crippen LogP contribution in [0.1, 0.15) is 53.1 Å². The van der Waals surface area contributed by atoms with Gasteiger partial charge in [0, 0.05) is 12.8 Å². The van der Waals surface area contributed by atoms with E-state index < -0.39 is 0 Å². The molecule has 0 atom stereocenters. The summed E-state index contributed by atoms with van der Waals surface area (Å²) in [5.74, 6) is 0.458. The summed E-state index contributed by atoms with van der Waals surface area (Å²) in [7, 11) is 1.40. The lowest BCUT2D eigenvalue weighted by Gasteiger charge is -2.22. The minimum atomic E-state index is -0.291. The van der Waals surface area contributed by atoms with Crippen LogP contribution in [-0.4, -0.2) is 18.9 Å². The first-order chi connectivity index (χ1) is 8.61. The van der Waals surface area contributed by atoms with Gasteiger partial charge in [0.1, 0.15) is 5.78 Å². The predicted octanol–water partition coefficient (Wildman–Crippen LogP) is 3.01. The fourth-order valence-corrected chi connectivity index (χ4v) is 2.50. The predicted molar refractivity (Wildman–Crippen MR) is 68.7 cm³/mol. The lowest BCUT2D eigenvalue weighted by Crippen LogP contribution is -2.13. The van der Waals surface area contributed by atoms with Gasteiger partial charge in [-0.05, 0) is 42.9 Å². The van der Waals surface area contributed by atoms with E-state index in [4.69, 9.17) is 4.74 Å². The first-order valence-corrected chi connectivity index (χ1v) is 6.32. The fraction of sp³-hybridized carbons (Fsp3) is 0.467. The number of hydrogen-bond donors (Lipinski definition) is 0. The average Bonchev–Trinajstić information content (AvgIpc) is 2.39. The molecule has 0 N–H and O–H groups in total. The summed E-state index contributed by atoms with van der Waals surface area (Å²) < 4.78 is 4.78. The third kappa shape index (κ3) is 2.61. The van der Waals surface area contributed by atoms with Crippen molar-refractivity contribution in [2.24, 2.45) is 0 Å². The summed E-state index contributed by atoms with van der Waals surface area (Å²) in [6.45, 7) is 1.90. The number of esters is 1. The maximum atomic E-state index is 11.6. The van der Waals surface area contributed by atoms with Crippen molar-refractivity contribution in [3.8, 4) is 0 Å². The van der Waals surface area contributed by atoms with E-state index in [2.05, 4.69) is 6.07 Å². The second-order valence-corrected chi connectivity index (χ2v) is 4.88. The van der Waals surface area contributed by atoms with Gasteiger partial charge in [0.15, 0.2) is 0 Å². The summed E-state index contributed by atoms with van der Waals surface area (Å²) in [5, 5.41) is 0. The Morgan fingerprint density at radius 1 is 1.28 bits per heavy atom. The van der Waals surface area contributed by atoms with Crippen LogP contribution >= 0.6 is 0 Å². The average molecular weight is 246 g/mol. The zero-order valence-corrected chi connectivity index (χ0v) is 10.9. The van der Waals surface area contributed by atoms with E-state index in [1.807, 2.05) is 19.1 Å². The van der Waals surface area contributed by atoms with Gasteiger partial charge in [-0.15, -0.1) is 0 Å². The van der Waals surface area contributed by atoms with Gasteiger partial charge in [0.25, 0.3) is 0 Å². The van der Waals surface area contributed by atoms with E-state index in [-0.39, 0.29) is 5.97 Å². The minimum Gasteiger partial charge on any atom is -0.465 e.